The van der Waals surface area contributed by atoms with Gasteiger partial charge in [0.25, 0.3) is 0 Å². The number of carboxylic acids is 1. The van der Waals surface area contributed by atoms with Crippen LogP contribution in [0.4, 0.5) is 4.79 Å². The lowest BCUT2D eigenvalue weighted by atomic mass is 9.91. The van der Waals surface area contributed by atoms with Crippen molar-refractivity contribution in [3.05, 3.63) is 71.8 Å². The smallest absolute Gasteiger partial charge is 0.407 e. The van der Waals surface area contributed by atoms with Crippen LogP contribution in [0.2, 0.25) is 0 Å². The Labute approximate surface area is 198 Å². The standard InChI is InChI=1S/C27H28N2O5/c30-25(28-18-7-5-6-17(14-18)26(31)32)24(16-12-13-16)29-27(33)34-15-23-21-10-3-1-8-19(21)20-9-2-4-11-22(20)23/h1-5,7-11,16-18,23-24H,6,12-15H2,(H,28,30)(H,29,33)(H,31,32)/t17-,18-,24?/m1/s1. The van der Waals surface area contributed by atoms with Crippen LogP contribution in [0.15, 0.2) is 60.7 Å². The van der Waals surface area contributed by atoms with E-state index in [1.165, 1.54) is 0 Å². The first kappa shape index (κ1) is 22.2. The number of allylic oxidation sites excluding steroid dienone is 1. The zero-order chi connectivity index (χ0) is 23.7. The summed E-state index contributed by atoms with van der Waals surface area (Å²) in [5, 5.41) is 14.9. The van der Waals surface area contributed by atoms with Gasteiger partial charge in [-0.05, 0) is 53.9 Å². The van der Waals surface area contributed by atoms with Gasteiger partial charge in [0.2, 0.25) is 5.91 Å². The first-order chi connectivity index (χ1) is 16.5. The van der Waals surface area contributed by atoms with Gasteiger partial charge in [0.05, 0.1) is 5.92 Å². The number of rotatable bonds is 7. The average Bonchev–Trinajstić information content (AvgIpc) is 3.64. The molecule has 1 saturated carbocycles. The monoisotopic (exact) mass is 460 g/mol. The molecule has 7 heteroatoms. The molecule has 0 radical (unpaired) electrons. The summed E-state index contributed by atoms with van der Waals surface area (Å²) in [5.41, 5.74) is 4.57. The number of carbonyl (C=O) groups excluding carboxylic acids is 2. The Hall–Kier alpha value is -3.61. The van der Waals surface area contributed by atoms with Crippen LogP contribution in [0.25, 0.3) is 11.1 Å². The summed E-state index contributed by atoms with van der Waals surface area (Å²) in [6, 6.07) is 15.2. The minimum Gasteiger partial charge on any atom is -0.481 e. The third-order valence-corrected chi connectivity index (χ3v) is 7.00. The highest BCUT2D eigenvalue weighted by Gasteiger charge is 2.39. The highest BCUT2D eigenvalue weighted by atomic mass is 16.5. The van der Waals surface area contributed by atoms with E-state index in [9.17, 15) is 19.5 Å². The molecule has 1 unspecified atom stereocenters. The average molecular weight is 461 g/mol. The minimum atomic E-state index is -0.862. The third kappa shape index (κ3) is 4.55. The first-order valence-corrected chi connectivity index (χ1v) is 11.8. The highest BCUT2D eigenvalue weighted by Crippen LogP contribution is 2.44. The van der Waals surface area contributed by atoms with Crippen LogP contribution in [0, 0.1) is 11.8 Å². The number of carbonyl (C=O) groups is 3. The Morgan fingerprint density at radius 3 is 2.26 bits per heavy atom. The molecule has 2 amide bonds. The molecule has 3 aliphatic carbocycles. The van der Waals surface area contributed by atoms with Crippen LogP contribution in [-0.2, 0) is 14.3 Å². The number of benzene rings is 2. The van der Waals surface area contributed by atoms with Gasteiger partial charge in [0.1, 0.15) is 12.6 Å². The quantitative estimate of drug-likeness (QED) is 0.545. The first-order valence-electron chi connectivity index (χ1n) is 11.8. The van der Waals surface area contributed by atoms with E-state index in [2.05, 4.69) is 34.9 Å². The minimum absolute atomic E-state index is 0.0494. The fourth-order valence-electron chi connectivity index (χ4n) is 5.06. The van der Waals surface area contributed by atoms with Crippen molar-refractivity contribution in [3.63, 3.8) is 0 Å². The van der Waals surface area contributed by atoms with Gasteiger partial charge >= 0.3 is 12.1 Å². The molecule has 176 valence electrons. The number of fused-ring (bicyclic) bond motifs is 3. The van der Waals surface area contributed by atoms with Gasteiger partial charge in [0, 0.05) is 12.0 Å². The highest BCUT2D eigenvalue weighted by molar-refractivity contribution is 5.87. The molecule has 5 rings (SSSR count). The van der Waals surface area contributed by atoms with Crippen molar-refractivity contribution < 1.29 is 24.2 Å². The van der Waals surface area contributed by atoms with Gasteiger partial charge in [-0.3, -0.25) is 9.59 Å². The normalized spacial score (nSPS) is 21.8. The van der Waals surface area contributed by atoms with Gasteiger partial charge < -0.3 is 20.5 Å². The molecule has 0 aromatic heterocycles. The summed E-state index contributed by atoms with van der Waals surface area (Å²) in [5.74, 6) is -1.64. The lowest BCUT2D eigenvalue weighted by molar-refractivity contribution is -0.142. The van der Waals surface area contributed by atoms with Gasteiger partial charge in [-0.2, -0.15) is 0 Å². The predicted octanol–water partition coefficient (Wildman–Crippen LogP) is 3.84. The Balaban J connectivity index is 1.21. The van der Waals surface area contributed by atoms with Crippen molar-refractivity contribution in [3.8, 4) is 11.1 Å². The zero-order valence-electron chi connectivity index (χ0n) is 18.8. The summed E-state index contributed by atoms with van der Waals surface area (Å²) in [7, 11) is 0. The molecule has 7 nitrogen and oxygen atoms in total. The molecular formula is C27H28N2O5. The van der Waals surface area contributed by atoms with Crippen molar-refractivity contribution in [1.29, 1.82) is 0 Å². The summed E-state index contributed by atoms with van der Waals surface area (Å²) in [6.07, 6.45) is 5.54. The number of hydrogen-bond acceptors (Lipinski definition) is 4. The Kier molecular flexibility index (Phi) is 6.09. The van der Waals surface area contributed by atoms with Gasteiger partial charge in [-0.25, -0.2) is 4.79 Å². The summed E-state index contributed by atoms with van der Waals surface area (Å²) in [4.78, 5) is 36.9. The Morgan fingerprint density at radius 2 is 1.65 bits per heavy atom. The second kappa shape index (κ2) is 9.33. The van der Waals surface area contributed by atoms with Crippen molar-refractivity contribution in [2.75, 3.05) is 6.61 Å². The van der Waals surface area contributed by atoms with Crippen LogP contribution in [0.3, 0.4) is 0 Å². The van der Waals surface area contributed by atoms with E-state index >= 15 is 0 Å². The number of nitrogens with one attached hydrogen (secondary N) is 2. The molecule has 2 aromatic rings. The van der Waals surface area contributed by atoms with Crippen LogP contribution in [0.5, 0.6) is 0 Å². The maximum atomic E-state index is 12.9. The molecule has 2 aromatic carbocycles. The van der Waals surface area contributed by atoms with Crippen molar-refractivity contribution in [1.82, 2.24) is 10.6 Å². The Bertz CT molecular complexity index is 1090. The van der Waals surface area contributed by atoms with E-state index in [1.54, 1.807) is 6.08 Å². The molecule has 0 heterocycles. The van der Waals surface area contributed by atoms with E-state index in [-0.39, 0.29) is 30.4 Å². The third-order valence-electron chi connectivity index (χ3n) is 7.00. The molecule has 34 heavy (non-hydrogen) atoms. The lowest BCUT2D eigenvalue weighted by Crippen LogP contribution is -2.51. The molecular weight excluding hydrogens is 432 g/mol. The topological polar surface area (TPSA) is 105 Å². The molecule has 0 bridgehead atoms. The van der Waals surface area contributed by atoms with Crippen LogP contribution in [0.1, 0.15) is 42.7 Å². The number of carboxylic acid groups (broad SMARTS) is 1. The lowest BCUT2D eigenvalue weighted by Gasteiger charge is -2.25. The molecule has 0 aliphatic heterocycles. The number of amides is 2. The maximum Gasteiger partial charge on any atom is 0.407 e. The summed E-state index contributed by atoms with van der Waals surface area (Å²) < 4.78 is 5.62. The fourth-order valence-corrected chi connectivity index (χ4v) is 5.06. The van der Waals surface area contributed by atoms with Gasteiger partial charge in [0.15, 0.2) is 0 Å². The second-order valence-corrected chi connectivity index (χ2v) is 9.33. The van der Waals surface area contributed by atoms with Crippen molar-refractivity contribution >= 4 is 18.0 Å². The van der Waals surface area contributed by atoms with E-state index < -0.39 is 24.0 Å². The predicted molar refractivity (Wildman–Crippen MR) is 126 cm³/mol. The summed E-state index contributed by atoms with van der Waals surface area (Å²) in [6.45, 7) is 0.185. The summed E-state index contributed by atoms with van der Waals surface area (Å²) >= 11 is 0. The number of ether oxygens (including phenoxy) is 1. The van der Waals surface area contributed by atoms with E-state index in [4.69, 9.17) is 4.74 Å². The van der Waals surface area contributed by atoms with Crippen LogP contribution in [-0.4, -0.2) is 41.8 Å². The molecule has 0 spiro atoms. The van der Waals surface area contributed by atoms with Crippen molar-refractivity contribution in [2.45, 2.75) is 43.7 Å². The molecule has 3 N–H and O–H groups in total. The van der Waals surface area contributed by atoms with E-state index in [0.717, 1.165) is 35.1 Å². The zero-order valence-corrected chi connectivity index (χ0v) is 18.8. The number of alkyl carbamates (subject to hydrolysis) is 1. The van der Waals surface area contributed by atoms with Gasteiger partial charge in [-0.1, -0.05) is 60.7 Å². The largest absolute Gasteiger partial charge is 0.481 e. The van der Waals surface area contributed by atoms with Crippen LogP contribution >= 0.6 is 0 Å². The number of aliphatic carboxylic acids is 1. The number of hydrogen-bond donors (Lipinski definition) is 3. The molecule has 0 saturated heterocycles. The fraction of sp³-hybridized carbons (Fsp3) is 0.370. The van der Waals surface area contributed by atoms with E-state index in [0.29, 0.717) is 12.8 Å². The SMILES string of the molecule is O=C(NC(C(=O)N[C@@H]1C=CC[C@@H](C(=O)O)C1)C1CC1)OCC1c2ccccc2-c2ccccc21. The second-order valence-electron chi connectivity index (χ2n) is 9.33. The molecule has 3 aliphatic rings. The molecule has 3 atom stereocenters. The van der Waals surface area contributed by atoms with Gasteiger partial charge in [-0.15, -0.1) is 0 Å². The van der Waals surface area contributed by atoms with E-state index in [1.807, 2.05) is 30.3 Å². The van der Waals surface area contributed by atoms with Crippen molar-refractivity contribution in [2.24, 2.45) is 11.8 Å². The maximum absolute atomic E-state index is 12.9. The Morgan fingerprint density at radius 1 is 1.00 bits per heavy atom. The molecule has 1 fully saturated rings. The van der Waals surface area contributed by atoms with Crippen LogP contribution < -0.4 is 10.6 Å².